The maximum absolute atomic E-state index is 12.4. The maximum atomic E-state index is 12.4. The van der Waals surface area contributed by atoms with Crippen LogP contribution in [0.3, 0.4) is 0 Å². The number of nitrogens with one attached hydrogen (secondary N) is 3. The summed E-state index contributed by atoms with van der Waals surface area (Å²) in [4.78, 5) is 24.6. The summed E-state index contributed by atoms with van der Waals surface area (Å²) < 4.78 is 24.3. The number of hydrogen-bond acceptors (Lipinski definition) is 9. The molecule has 0 fully saturated rings. The van der Waals surface area contributed by atoms with Gasteiger partial charge in [-0.1, -0.05) is 35.9 Å². The summed E-state index contributed by atoms with van der Waals surface area (Å²) in [6.07, 6.45) is 0.458. The average molecular weight is 861 g/mol. The zero-order chi connectivity index (χ0) is 32.5. The van der Waals surface area contributed by atoms with Crippen LogP contribution in [-0.4, -0.2) is 49.9 Å². The third kappa shape index (κ3) is 9.14. The van der Waals surface area contributed by atoms with E-state index in [0.717, 1.165) is 24.0 Å². The molecule has 0 saturated carbocycles. The molecule has 0 unspecified atom stereocenters. The Bertz CT molecular complexity index is 1600. The molecule has 14 heteroatoms. The van der Waals surface area contributed by atoms with Crippen LogP contribution in [0.25, 0.3) is 0 Å². The molecule has 4 rings (SSSR count). The zero-order valence-corrected chi connectivity index (χ0v) is 29.6. The predicted octanol–water partition coefficient (Wildman–Crippen LogP) is 5.65. The summed E-state index contributed by atoms with van der Waals surface area (Å²) in [5, 5.41) is 20.6. The molecule has 238 valence electrons. The van der Waals surface area contributed by atoms with Gasteiger partial charge in [0, 0.05) is 16.3 Å². The van der Waals surface area contributed by atoms with E-state index >= 15 is 0 Å². The molecule has 0 saturated heterocycles. The van der Waals surface area contributed by atoms with Gasteiger partial charge in [-0.25, -0.2) is 9.59 Å². The van der Waals surface area contributed by atoms with Gasteiger partial charge < -0.3 is 34.7 Å². The highest BCUT2D eigenvalue weighted by Gasteiger charge is 2.32. The number of hydrogen-bond donors (Lipinski definition) is 4. The summed E-state index contributed by atoms with van der Waals surface area (Å²) in [5.74, 6) is 0.921. The highest BCUT2D eigenvalue weighted by Crippen LogP contribution is 2.35. The molecule has 4 N–H and O–H groups in total. The number of halogens is 3. The number of hydrazone groups is 1. The SMILES string of the molecule is CCOc1cc([C@H]2NC(=O)NC(C)=C2C(=O)OC)ccc1OC[C@@H](O)N/N=C\c1cc(I)c(OCc2ccccc2Cl)c(I)c1. The summed E-state index contributed by atoms with van der Waals surface area (Å²) in [5.41, 5.74) is 5.62. The minimum absolute atomic E-state index is 0.142. The number of carbonyl (C=O) groups is 2. The highest BCUT2D eigenvalue weighted by atomic mass is 127. The quantitative estimate of drug-likeness (QED) is 0.0570. The highest BCUT2D eigenvalue weighted by molar-refractivity contribution is 14.1. The lowest BCUT2D eigenvalue weighted by Gasteiger charge is -2.28. The summed E-state index contributed by atoms with van der Waals surface area (Å²) >= 11 is 10.7. The first-order valence-corrected chi connectivity index (χ1v) is 16.2. The van der Waals surface area contributed by atoms with Crippen LogP contribution >= 0.6 is 56.8 Å². The van der Waals surface area contributed by atoms with Crippen molar-refractivity contribution in [1.29, 1.82) is 0 Å². The van der Waals surface area contributed by atoms with E-state index in [-0.39, 0.29) is 12.2 Å². The minimum atomic E-state index is -1.13. The van der Waals surface area contributed by atoms with Crippen molar-refractivity contribution in [2.45, 2.75) is 32.7 Å². The number of esters is 1. The lowest BCUT2D eigenvalue weighted by Crippen LogP contribution is -2.45. The molecular weight excluding hydrogens is 830 g/mol. The van der Waals surface area contributed by atoms with Crippen molar-refractivity contribution in [2.24, 2.45) is 5.10 Å². The van der Waals surface area contributed by atoms with Gasteiger partial charge in [-0.15, -0.1) is 0 Å². The average Bonchev–Trinajstić information content (AvgIpc) is 3.00. The number of methoxy groups -OCH3 is 1. The van der Waals surface area contributed by atoms with E-state index in [1.807, 2.05) is 43.3 Å². The van der Waals surface area contributed by atoms with E-state index < -0.39 is 24.3 Å². The van der Waals surface area contributed by atoms with Gasteiger partial charge >= 0.3 is 12.0 Å². The number of aliphatic hydroxyl groups excluding tert-OH is 1. The standard InChI is InChI=1S/C31H31ClI2N4O7/c1-4-43-25-13-19(28-27(30(40)42-3)17(2)36-31(41)37-28)9-10-24(25)44-16-26(39)38-35-14-18-11-22(33)29(23(34)12-18)45-15-20-7-5-6-8-21(20)32/h5-14,26,28,38-39H,4,15-16H2,1-3H3,(H2,36,37,41)/b35-14-/t26-,28-/m1/s1. The summed E-state index contributed by atoms with van der Waals surface area (Å²) in [6, 6.07) is 15.2. The van der Waals surface area contributed by atoms with E-state index in [2.05, 4.69) is 66.3 Å². The first kappa shape index (κ1) is 34.6. The Kier molecular flexibility index (Phi) is 12.6. The lowest BCUT2D eigenvalue weighted by molar-refractivity contribution is -0.136. The van der Waals surface area contributed by atoms with Gasteiger partial charge in [-0.05, 0) is 100 Å². The Morgan fingerprint density at radius 2 is 1.84 bits per heavy atom. The fourth-order valence-electron chi connectivity index (χ4n) is 4.38. The van der Waals surface area contributed by atoms with Crippen LogP contribution in [0.5, 0.6) is 17.2 Å². The molecule has 0 aromatic heterocycles. The summed E-state index contributed by atoms with van der Waals surface area (Å²) in [7, 11) is 1.28. The first-order chi connectivity index (χ1) is 21.6. The molecule has 1 heterocycles. The number of ether oxygens (including phenoxy) is 4. The van der Waals surface area contributed by atoms with Crippen LogP contribution in [-0.2, 0) is 16.1 Å². The molecule has 2 amide bonds. The van der Waals surface area contributed by atoms with Crippen LogP contribution < -0.4 is 30.3 Å². The van der Waals surface area contributed by atoms with Gasteiger partial charge in [0.1, 0.15) is 19.0 Å². The lowest BCUT2D eigenvalue weighted by atomic mass is 9.95. The largest absolute Gasteiger partial charge is 0.490 e. The van der Waals surface area contributed by atoms with E-state index in [9.17, 15) is 14.7 Å². The van der Waals surface area contributed by atoms with Crippen molar-refractivity contribution < 1.29 is 33.6 Å². The molecule has 0 aliphatic carbocycles. The number of benzene rings is 3. The van der Waals surface area contributed by atoms with Crippen LogP contribution in [0.2, 0.25) is 5.02 Å². The Balaban J connectivity index is 1.37. The molecule has 45 heavy (non-hydrogen) atoms. The molecule has 3 aromatic rings. The van der Waals surface area contributed by atoms with Gasteiger partial charge in [0.05, 0.1) is 38.7 Å². The molecule has 11 nitrogen and oxygen atoms in total. The van der Waals surface area contributed by atoms with Gasteiger partial charge in [0.25, 0.3) is 0 Å². The van der Waals surface area contributed by atoms with Crippen molar-refractivity contribution in [2.75, 3.05) is 20.3 Å². The Morgan fingerprint density at radius 1 is 1.11 bits per heavy atom. The zero-order valence-electron chi connectivity index (χ0n) is 24.5. The summed E-state index contributed by atoms with van der Waals surface area (Å²) in [6.45, 7) is 3.99. The van der Waals surface area contributed by atoms with Crippen molar-refractivity contribution in [3.8, 4) is 17.2 Å². The minimum Gasteiger partial charge on any atom is -0.490 e. The first-order valence-electron chi connectivity index (χ1n) is 13.7. The fraction of sp³-hybridized carbons (Fsp3) is 0.258. The van der Waals surface area contributed by atoms with E-state index in [1.54, 1.807) is 31.3 Å². The second kappa shape index (κ2) is 16.3. The second-order valence-electron chi connectivity index (χ2n) is 9.61. The third-order valence-electron chi connectivity index (χ3n) is 6.46. The van der Waals surface area contributed by atoms with E-state index in [4.69, 9.17) is 30.5 Å². The number of nitrogens with zero attached hydrogens (tertiary/aromatic N) is 1. The molecule has 2 atom stereocenters. The van der Waals surface area contributed by atoms with Gasteiger partial charge in [-0.3, -0.25) is 5.43 Å². The van der Waals surface area contributed by atoms with Gasteiger partial charge in [0.2, 0.25) is 0 Å². The smallest absolute Gasteiger partial charge is 0.337 e. The van der Waals surface area contributed by atoms with Crippen molar-refractivity contribution in [3.63, 3.8) is 0 Å². The second-order valence-corrected chi connectivity index (χ2v) is 12.3. The predicted molar refractivity (Wildman–Crippen MR) is 187 cm³/mol. The molecule has 0 spiro atoms. The van der Waals surface area contributed by atoms with Crippen molar-refractivity contribution in [3.05, 3.63) is 94.7 Å². The molecular formula is C31H31ClI2N4O7. The number of urea groups is 1. The van der Waals surface area contributed by atoms with Crippen LogP contribution in [0, 0.1) is 7.14 Å². The maximum Gasteiger partial charge on any atom is 0.337 e. The number of amides is 2. The van der Waals surface area contributed by atoms with Crippen molar-refractivity contribution in [1.82, 2.24) is 16.1 Å². The number of allylic oxidation sites excluding steroid dienone is 1. The molecule has 1 aliphatic heterocycles. The van der Waals surface area contributed by atoms with E-state index in [1.165, 1.54) is 7.11 Å². The van der Waals surface area contributed by atoms with Crippen LogP contribution in [0.1, 0.15) is 36.6 Å². The van der Waals surface area contributed by atoms with Crippen molar-refractivity contribution >= 4 is 75.0 Å². The van der Waals surface area contributed by atoms with E-state index in [0.29, 0.717) is 41.0 Å². The number of aliphatic hydroxyl groups is 1. The molecule has 0 bridgehead atoms. The Morgan fingerprint density at radius 3 is 2.53 bits per heavy atom. The Labute approximate surface area is 293 Å². The Hall–Kier alpha value is -3.28. The van der Waals surface area contributed by atoms with Crippen LogP contribution in [0.4, 0.5) is 4.79 Å². The monoisotopic (exact) mass is 860 g/mol. The molecule has 0 radical (unpaired) electrons. The van der Waals surface area contributed by atoms with Gasteiger partial charge in [0.15, 0.2) is 17.7 Å². The molecule has 3 aromatic carbocycles. The molecule has 1 aliphatic rings. The normalized spacial score (nSPS) is 15.3. The fourth-order valence-corrected chi connectivity index (χ4v) is 6.70. The topological polar surface area (TPSA) is 140 Å². The van der Waals surface area contributed by atoms with Gasteiger partial charge in [-0.2, -0.15) is 5.10 Å². The number of carbonyl (C=O) groups excluding carboxylic acids is 2. The third-order valence-corrected chi connectivity index (χ3v) is 8.43. The van der Waals surface area contributed by atoms with Crippen LogP contribution in [0.15, 0.2) is 71.0 Å². The number of rotatable bonds is 13.